The lowest BCUT2D eigenvalue weighted by Crippen LogP contribution is -2.44. The van der Waals surface area contributed by atoms with E-state index in [-0.39, 0.29) is 11.9 Å². The number of carbonyl (C=O) groups excluding carboxylic acids is 1. The second-order valence-corrected chi connectivity index (χ2v) is 5.92. The predicted octanol–water partition coefficient (Wildman–Crippen LogP) is 1.81. The number of ether oxygens (including phenoxy) is 1. The quantitative estimate of drug-likeness (QED) is 0.791. The first kappa shape index (κ1) is 14.8. The normalized spacial score (nSPS) is 30.2. The molecule has 1 aliphatic heterocycles. The van der Waals surface area contributed by atoms with Crippen LogP contribution in [-0.2, 0) is 9.53 Å². The summed E-state index contributed by atoms with van der Waals surface area (Å²) in [5.41, 5.74) is 0. The average Bonchev–Trinajstić information content (AvgIpc) is 2.48. The Morgan fingerprint density at radius 3 is 2.32 bits per heavy atom. The van der Waals surface area contributed by atoms with Crippen molar-refractivity contribution in [3.63, 3.8) is 0 Å². The Kier molecular flexibility index (Phi) is 5.64. The summed E-state index contributed by atoms with van der Waals surface area (Å²) in [6.07, 6.45) is 6.60. The number of esters is 1. The van der Waals surface area contributed by atoms with Gasteiger partial charge in [-0.25, -0.2) is 0 Å². The SMILES string of the molecule is CCOC(=O)C1CCN(C2CCC(CO)CC2)CC1. The smallest absolute Gasteiger partial charge is 0.309 e. The van der Waals surface area contributed by atoms with Gasteiger partial charge in [0, 0.05) is 12.6 Å². The highest BCUT2D eigenvalue weighted by Crippen LogP contribution is 2.30. The molecule has 1 heterocycles. The first-order valence-corrected chi connectivity index (χ1v) is 7.76. The minimum absolute atomic E-state index is 0.00820. The van der Waals surface area contributed by atoms with Crippen molar-refractivity contribution in [1.82, 2.24) is 4.90 Å². The van der Waals surface area contributed by atoms with Crippen LogP contribution >= 0.6 is 0 Å². The van der Waals surface area contributed by atoms with Crippen molar-refractivity contribution in [2.75, 3.05) is 26.3 Å². The molecule has 4 heteroatoms. The average molecular weight is 269 g/mol. The minimum atomic E-state index is -0.00820. The zero-order chi connectivity index (χ0) is 13.7. The first-order valence-electron chi connectivity index (χ1n) is 7.76. The molecule has 19 heavy (non-hydrogen) atoms. The number of likely N-dealkylation sites (tertiary alicyclic amines) is 1. The molecule has 4 nitrogen and oxygen atoms in total. The monoisotopic (exact) mass is 269 g/mol. The maximum Gasteiger partial charge on any atom is 0.309 e. The second kappa shape index (κ2) is 7.25. The summed E-state index contributed by atoms with van der Waals surface area (Å²) in [7, 11) is 0. The van der Waals surface area contributed by atoms with Crippen LogP contribution in [0.3, 0.4) is 0 Å². The van der Waals surface area contributed by atoms with E-state index in [1.807, 2.05) is 6.92 Å². The lowest BCUT2D eigenvalue weighted by molar-refractivity contribution is -0.149. The molecule has 0 amide bonds. The van der Waals surface area contributed by atoms with Crippen molar-refractivity contribution in [2.24, 2.45) is 11.8 Å². The van der Waals surface area contributed by atoms with E-state index in [1.54, 1.807) is 0 Å². The van der Waals surface area contributed by atoms with Gasteiger partial charge >= 0.3 is 5.97 Å². The van der Waals surface area contributed by atoms with Crippen LogP contribution in [0.25, 0.3) is 0 Å². The van der Waals surface area contributed by atoms with Gasteiger partial charge < -0.3 is 14.7 Å². The number of nitrogens with zero attached hydrogens (tertiary/aromatic N) is 1. The number of aliphatic hydroxyl groups is 1. The lowest BCUT2D eigenvalue weighted by Gasteiger charge is -2.40. The van der Waals surface area contributed by atoms with Crippen LogP contribution in [0.5, 0.6) is 0 Å². The molecule has 2 fully saturated rings. The zero-order valence-electron chi connectivity index (χ0n) is 12.0. The molecule has 0 spiro atoms. The number of hydrogen-bond donors (Lipinski definition) is 1. The Bertz CT molecular complexity index is 279. The number of aliphatic hydroxyl groups excluding tert-OH is 1. The van der Waals surface area contributed by atoms with E-state index in [4.69, 9.17) is 9.84 Å². The molecule has 0 atom stereocenters. The Labute approximate surface area is 116 Å². The summed E-state index contributed by atoms with van der Waals surface area (Å²) in [5, 5.41) is 9.17. The highest BCUT2D eigenvalue weighted by Gasteiger charge is 2.31. The molecule has 0 bridgehead atoms. The third kappa shape index (κ3) is 3.93. The highest BCUT2D eigenvalue weighted by atomic mass is 16.5. The maximum atomic E-state index is 11.7. The zero-order valence-corrected chi connectivity index (χ0v) is 12.0. The molecule has 0 aromatic rings. The van der Waals surface area contributed by atoms with Gasteiger partial charge in [-0.2, -0.15) is 0 Å². The van der Waals surface area contributed by atoms with Gasteiger partial charge in [0.1, 0.15) is 0 Å². The summed E-state index contributed by atoms with van der Waals surface area (Å²) < 4.78 is 5.11. The van der Waals surface area contributed by atoms with Gasteiger partial charge in [0.15, 0.2) is 0 Å². The Hall–Kier alpha value is -0.610. The molecule has 0 aromatic carbocycles. The number of carbonyl (C=O) groups is 1. The van der Waals surface area contributed by atoms with Crippen molar-refractivity contribution < 1.29 is 14.6 Å². The summed E-state index contributed by atoms with van der Waals surface area (Å²) in [6, 6.07) is 0.672. The van der Waals surface area contributed by atoms with Crippen LogP contribution in [-0.4, -0.2) is 48.3 Å². The minimum Gasteiger partial charge on any atom is -0.466 e. The fraction of sp³-hybridized carbons (Fsp3) is 0.933. The number of rotatable bonds is 4. The third-order valence-corrected chi connectivity index (χ3v) is 4.74. The molecule has 0 aromatic heterocycles. The van der Waals surface area contributed by atoms with Crippen LogP contribution in [0, 0.1) is 11.8 Å². The summed E-state index contributed by atoms with van der Waals surface area (Å²) in [5.74, 6) is 0.629. The van der Waals surface area contributed by atoms with E-state index in [1.165, 1.54) is 12.8 Å². The maximum absolute atomic E-state index is 11.7. The first-order chi connectivity index (χ1) is 9.24. The van der Waals surface area contributed by atoms with E-state index in [9.17, 15) is 4.79 Å². The summed E-state index contributed by atoms with van der Waals surface area (Å²) in [4.78, 5) is 14.2. The molecule has 1 saturated heterocycles. The molecule has 1 aliphatic carbocycles. The van der Waals surface area contributed by atoms with E-state index in [0.29, 0.717) is 25.2 Å². The number of piperidine rings is 1. The van der Waals surface area contributed by atoms with Crippen LogP contribution in [0.15, 0.2) is 0 Å². The molecular weight excluding hydrogens is 242 g/mol. The topological polar surface area (TPSA) is 49.8 Å². The van der Waals surface area contributed by atoms with Gasteiger partial charge in [-0.15, -0.1) is 0 Å². The molecule has 2 rings (SSSR count). The fourth-order valence-electron chi connectivity index (χ4n) is 3.45. The van der Waals surface area contributed by atoms with E-state index in [2.05, 4.69) is 4.90 Å². The van der Waals surface area contributed by atoms with Crippen molar-refractivity contribution in [3.8, 4) is 0 Å². The van der Waals surface area contributed by atoms with Crippen molar-refractivity contribution in [1.29, 1.82) is 0 Å². The largest absolute Gasteiger partial charge is 0.466 e. The van der Waals surface area contributed by atoms with Gasteiger partial charge in [0.05, 0.1) is 12.5 Å². The van der Waals surface area contributed by atoms with Crippen LogP contribution in [0.2, 0.25) is 0 Å². The Morgan fingerprint density at radius 1 is 1.16 bits per heavy atom. The van der Waals surface area contributed by atoms with Gasteiger partial charge in [0.2, 0.25) is 0 Å². The lowest BCUT2D eigenvalue weighted by atomic mass is 9.84. The van der Waals surface area contributed by atoms with E-state index < -0.39 is 0 Å². The van der Waals surface area contributed by atoms with Crippen LogP contribution in [0.4, 0.5) is 0 Å². The predicted molar refractivity (Wildman–Crippen MR) is 73.8 cm³/mol. The Balaban J connectivity index is 1.73. The molecule has 2 aliphatic rings. The van der Waals surface area contributed by atoms with Crippen LogP contribution in [0.1, 0.15) is 45.4 Å². The van der Waals surface area contributed by atoms with Gasteiger partial charge in [-0.05, 0) is 64.5 Å². The summed E-state index contributed by atoms with van der Waals surface area (Å²) >= 11 is 0. The van der Waals surface area contributed by atoms with Crippen molar-refractivity contribution >= 4 is 5.97 Å². The molecule has 1 saturated carbocycles. The summed E-state index contributed by atoms with van der Waals surface area (Å²) in [6.45, 7) is 4.75. The second-order valence-electron chi connectivity index (χ2n) is 5.92. The highest BCUT2D eigenvalue weighted by molar-refractivity contribution is 5.72. The van der Waals surface area contributed by atoms with Gasteiger partial charge in [0.25, 0.3) is 0 Å². The van der Waals surface area contributed by atoms with E-state index >= 15 is 0 Å². The molecule has 0 radical (unpaired) electrons. The molecular formula is C15H27NO3. The fourth-order valence-corrected chi connectivity index (χ4v) is 3.45. The van der Waals surface area contributed by atoms with Crippen molar-refractivity contribution in [2.45, 2.75) is 51.5 Å². The molecule has 0 unspecified atom stereocenters. The third-order valence-electron chi connectivity index (χ3n) is 4.74. The van der Waals surface area contributed by atoms with Gasteiger partial charge in [-0.1, -0.05) is 0 Å². The van der Waals surface area contributed by atoms with Crippen LogP contribution < -0.4 is 0 Å². The van der Waals surface area contributed by atoms with Gasteiger partial charge in [-0.3, -0.25) is 4.79 Å². The Morgan fingerprint density at radius 2 is 1.79 bits per heavy atom. The van der Waals surface area contributed by atoms with E-state index in [0.717, 1.165) is 38.8 Å². The number of hydrogen-bond acceptors (Lipinski definition) is 4. The molecule has 1 N–H and O–H groups in total. The standard InChI is InChI=1S/C15H27NO3/c1-2-19-15(18)13-7-9-16(10-8-13)14-5-3-12(11-17)4-6-14/h12-14,17H,2-11H2,1H3. The molecule has 110 valence electrons. The van der Waals surface area contributed by atoms with Crippen molar-refractivity contribution in [3.05, 3.63) is 0 Å².